The minimum absolute atomic E-state index is 0.224. The van der Waals surface area contributed by atoms with Crippen LogP contribution in [0.3, 0.4) is 0 Å². The second kappa shape index (κ2) is 6.95. The largest absolute Gasteiger partial charge is 0.481 e. The molecule has 0 bridgehead atoms. The van der Waals surface area contributed by atoms with E-state index in [1.54, 1.807) is 19.1 Å². The molecule has 1 aromatic heterocycles. The molecule has 0 saturated carbocycles. The highest BCUT2D eigenvalue weighted by atomic mass is 16.5. The smallest absolute Gasteiger partial charge is 0.267 e. The predicted molar refractivity (Wildman–Crippen MR) is 91.7 cm³/mol. The summed E-state index contributed by atoms with van der Waals surface area (Å²) in [5.74, 6) is 1.16. The van der Waals surface area contributed by atoms with Crippen molar-refractivity contribution in [3.05, 3.63) is 60.2 Å². The third-order valence-corrected chi connectivity index (χ3v) is 3.55. The molecule has 0 aliphatic carbocycles. The van der Waals surface area contributed by atoms with Gasteiger partial charge in [-0.05, 0) is 31.5 Å². The van der Waals surface area contributed by atoms with Gasteiger partial charge in [-0.2, -0.15) is 4.98 Å². The summed E-state index contributed by atoms with van der Waals surface area (Å²) >= 11 is 0. The van der Waals surface area contributed by atoms with Gasteiger partial charge in [-0.3, -0.25) is 15.2 Å². The van der Waals surface area contributed by atoms with E-state index in [2.05, 4.69) is 20.5 Å². The van der Waals surface area contributed by atoms with Crippen LogP contribution in [0, 0.1) is 6.92 Å². The topological polar surface area (TPSA) is 79.9 Å². The number of para-hydroxylation sites is 1. The van der Waals surface area contributed by atoms with Crippen molar-refractivity contribution in [2.45, 2.75) is 20.0 Å². The second-order valence-corrected chi connectivity index (χ2v) is 5.38. The monoisotopic (exact) mass is 322 g/mol. The van der Waals surface area contributed by atoms with E-state index < -0.39 is 6.10 Å². The molecule has 1 atom stereocenters. The Morgan fingerprint density at radius 2 is 1.83 bits per heavy atom. The van der Waals surface area contributed by atoms with Gasteiger partial charge in [0.1, 0.15) is 5.75 Å². The molecule has 0 aliphatic rings. The maximum atomic E-state index is 12.2. The summed E-state index contributed by atoms with van der Waals surface area (Å²) in [6.07, 6.45) is -0.659. The molecule has 6 heteroatoms. The summed E-state index contributed by atoms with van der Waals surface area (Å²) in [6.45, 7) is 3.67. The lowest BCUT2D eigenvalue weighted by atomic mass is 10.1. The van der Waals surface area contributed by atoms with Gasteiger partial charge in [0.05, 0.1) is 0 Å². The average Bonchev–Trinajstić information content (AvgIpc) is 3.04. The lowest BCUT2D eigenvalue weighted by Gasteiger charge is -2.13. The van der Waals surface area contributed by atoms with Gasteiger partial charge in [0.2, 0.25) is 5.95 Å². The number of anilines is 1. The molecule has 6 nitrogen and oxygen atoms in total. The molecule has 0 radical (unpaired) electrons. The number of carbonyl (C=O) groups is 1. The average molecular weight is 322 g/mol. The van der Waals surface area contributed by atoms with Gasteiger partial charge in [0.15, 0.2) is 11.9 Å². The van der Waals surface area contributed by atoms with Crippen LogP contribution in [0.25, 0.3) is 11.4 Å². The zero-order chi connectivity index (χ0) is 16.9. The molecule has 3 aromatic rings. The number of amides is 1. The first kappa shape index (κ1) is 15.7. The highest BCUT2D eigenvalue weighted by Crippen LogP contribution is 2.20. The zero-order valence-corrected chi connectivity index (χ0v) is 13.5. The van der Waals surface area contributed by atoms with Crippen LogP contribution in [0.4, 0.5) is 5.95 Å². The van der Waals surface area contributed by atoms with Crippen LogP contribution >= 0.6 is 0 Å². The molecule has 1 amide bonds. The van der Waals surface area contributed by atoms with Crippen LogP contribution in [0.1, 0.15) is 12.5 Å². The number of carbonyl (C=O) groups excluding carboxylic acids is 1. The number of nitrogens with zero attached hydrogens (tertiary/aromatic N) is 2. The molecule has 2 N–H and O–H groups in total. The van der Waals surface area contributed by atoms with Gasteiger partial charge in [0.25, 0.3) is 5.91 Å². The van der Waals surface area contributed by atoms with Crippen LogP contribution in [0.2, 0.25) is 0 Å². The quantitative estimate of drug-likeness (QED) is 0.756. The van der Waals surface area contributed by atoms with Gasteiger partial charge in [-0.25, -0.2) is 0 Å². The molecule has 0 aliphatic heterocycles. The number of rotatable bonds is 5. The summed E-state index contributed by atoms with van der Waals surface area (Å²) in [5, 5.41) is 9.53. The van der Waals surface area contributed by atoms with Crippen molar-refractivity contribution in [2.75, 3.05) is 5.32 Å². The lowest BCUT2D eigenvalue weighted by molar-refractivity contribution is -0.122. The van der Waals surface area contributed by atoms with Crippen molar-refractivity contribution in [1.29, 1.82) is 0 Å². The summed E-state index contributed by atoms with van der Waals surface area (Å²) in [7, 11) is 0. The fourth-order valence-electron chi connectivity index (χ4n) is 2.25. The molecule has 122 valence electrons. The Kier molecular flexibility index (Phi) is 4.56. The fourth-order valence-corrected chi connectivity index (χ4v) is 2.25. The van der Waals surface area contributed by atoms with Crippen LogP contribution in [0.5, 0.6) is 5.75 Å². The van der Waals surface area contributed by atoms with Crippen molar-refractivity contribution in [3.8, 4) is 17.1 Å². The standard InChI is InChI=1S/C18H18N4O2/c1-12-8-6-7-11-15(12)16-19-18(22-21-16)20-17(23)13(2)24-14-9-4-3-5-10-14/h3-11,13H,1-2H3,(H2,19,20,21,22,23)/t13-/m1/s1. The molecule has 3 rings (SSSR count). The minimum atomic E-state index is -0.659. The number of H-pyrrole nitrogens is 1. The number of nitrogens with one attached hydrogen (secondary N) is 2. The number of benzene rings is 2. The number of hydrogen-bond acceptors (Lipinski definition) is 4. The highest BCUT2D eigenvalue weighted by molar-refractivity contribution is 5.92. The van der Waals surface area contributed by atoms with Crippen LogP contribution in [-0.4, -0.2) is 27.2 Å². The van der Waals surface area contributed by atoms with Crippen molar-refractivity contribution in [1.82, 2.24) is 15.2 Å². The van der Waals surface area contributed by atoms with E-state index in [1.165, 1.54) is 0 Å². The Bertz CT molecular complexity index is 830. The number of aryl methyl sites for hydroxylation is 1. The van der Waals surface area contributed by atoms with Gasteiger partial charge >= 0.3 is 0 Å². The van der Waals surface area contributed by atoms with E-state index in [9.17, 15) is 4.79 Å². The number of aromatic nitrogens is 3. The molecule has 0 spiro atoms. The lowest BCUT2D eigenvalue weighted by Crippen LogP contribution is -2.30. The first-order valence-corrected chi connectivity index (χ1v) is 7.64. The molecule has 0 unspecified atom stereocenters. The maximum Gasteiger partial charge on any atom is 0.267 e. The molecule has 0 saturated heterocycles. The molecule has 0 fully saturated rings. The Labute approximate surface area is 139 Å². The second-order valence-electron chi connectivity index (χ2n) is 5.38. The first-order chi connectivity index (χ1) is 11.6. The Morgan fingerprint density at radius 3 is 2.58 bits per heavy atom. The van der Waals surface area contributed by atoms with E-state index in [0.717, 1.165) is 11.1 Å². The van der Waals surface area contributed by atoms with E-state index in [1.807, 2.05) is 49.4 Å². The molecular weight excluding hydrogens is 304 g/mol. The van der Waals surface area contributed by atoms with Gasteiger partial charge in [-0.15, -0.1) is 5.10 Å². The Balaban J connectivity index is 1.66. The predicted octanol–water partition coefficient (Wildman–Crippen LogP) is 3.19. The first-order valence-electron chi connectivity index (χ1n) is 7.64. The zero-order valence-electron chi connectivity index (χ0n) is 13.5. The molecule has 24 heavy (non-hydrogen) atoms. The van der Waals surface area contributed by atoms with Gasteiger partial charge < -0.3 is 4.74 Å². The number of aromatic amines is 1. The maximum absolute atomic E-state index is 12.2. The van der Waals surface area contributed by atoms with Crippen molar-refractivity contribution in [2.24, 2.45) is 0 Å². The molecular formula is C18H18N4O2. The van der Waals surface area contributed by atoms with Crippen LogP contribution in [-0.2, 0) is 4.79 Å². The van der Waals surface area contributed by atoms with Gasteiger partial charge in [0, 0.05) is 5.56 Å². The molecule has 1 heterocycles. The summed E-state index contributed by atoms with van der Waals surface area (Å²) in [4.78, 5) is 16.5. The van der Waals surface area contributed by atoms with E-state index in [4.69, 9.17) is 4.74 Å². The number of ether oxygens (including phenoxy) is 1. The van der Waals surface area contributed by atoms with E-state index in [-0.39, 0.29) is 11.9 Å². The van der Waals surface area contributed by atoms with Crippen LogP contribution in [0.15, 0.2) is 54.6 Å². The van der Waals surface area contributed by atoms with Crippen molar-refractivity contribution >= 4 is 11.9 Å². The van der Waals surface area contributed by atoms with E-state index >= 15 is 0 Å². The van der Waals surface area contributed by atoms with E-state index in [0.29, 0.717) is 11.6 Å². The number of hydrogen-bond donors (Lipinski definition) is 2. The summed E-state index contributed by atoms with van der Waals surface area (Å²) in [5.41, 5.74) is 2.02. The van der Waals surface area contributed by atoms with Crippen molar-refractivity contribution in [3.63, 3.8) is 0 Å². The Morgan fingerprint density at radius 1 is 1.12 bits per heavy atom. The fraction of sp³-hybridized carbons (Fsp3) is 0.167. The minimum Gasteiger partial charge on any atom is -0.481 e. The third-order valence-electron chi connectivity index (χ3n) is 3.55. The van der Waals surface area contributed by atoms with Gasteiger partial charge in [-0.1, -0.05) is 42.5 Å². The molecule has 2 aromatic carbocycles. The highest BCUT2D eigenvalue weighted by Gasteiger charge is 2.17. The third kappa shape index (κ3) is 3.60. The normalized spacial score (nSPS) is 11.8. The van der Waals surface area contributed by atoms with Crippen molar-refractivity contribution < 1.29 is 9.53 Å². The summed E-state index contributed by atoms with van der Waals surface area (Å²) in [6, 6.07) is 17.0. The Hall–Kier alpha value is -3.15. The van der Waals surface area contributed by atoms with Crippen LogP contribution < -0.4 is 10.1 Å². The summed E-state index contributed by atoms with van der Waals surface area (Å²) < 4.78 is 5.58. The SMILES string of the molecule is Cc1ccccc1-c1nc(NC(=O)[C@@H](C)Oc2ccccc2)n[nH]1.